The molecule has 0 amide bonds. The van der Waals surface area contributed by atoms with Crippen LogP contribution in [0.5, 0.6) is 0 Å². The van der Waals surface area contributed by atoms with Crippen LogP contribution in [0.15, 0.2) is 12.3 Å². The van der Waals surface area contributed by atoms with Gasteiger partial charge in [-0.25, -0.2) is 4.98 Å². The van der Waals surface area contributed by atoms with E-state index in [-0.39, 0.29) is 5.82 Å². The Kier molecular flexibility index (Phi) is 3.49. The summed E-state index contributed by atoms with van der Waals surface area (Å²) in [5.74, 6) is 5.94. The van der Waals surface area contributed by atoms with Gasteiger partial charge in [-0.1, -0.05) is 11.8 Å². The number of pyridine rings is 1. The van der Waals surface area contributed by atoms with E-state index >= 15 is 0 Å². The highest BCUT2D eigenvalue weighted by atomic mass is 14.8. The summed E-state index contributed by atoms with van der Waals surface area (Å²) in [5.41, 5.74) is 11.8. The quantitative estimate of drug-likeness (QED) is 0.615. The van der Waals surface area contributed by atoms with Crippen LogP contribution in [0.25, 0.3) is 0 Å². The summed E-state index contributed by atoms with van der Waals surface area (Å²) in [6.45, 7) is 0.528. The van der Waals surface area contributed by atoms with E-state index in [4.69, 9.17) is 16.7 Å². The van der Waals surface area contributed by atoms with Crippen molar-refractivity contribution in [2.75, 3.05) is 12.3 Å². The maximum Gasteiger partial charge on any atom is 0.141 e. The van der Waals surface area contributed by atoms with Crippen LogP contribution in [-0.4, -0.2) is 11.5 Å². The molecule has 0 spiro atoms. The highest BCUT2D eigenvalue weighted by molar-refractivity contribution is 5.52. The van der Waals surface area contributed by atoms with Gasteiger partial charge < -0.3 is 11.5 Å². The number of nitriles is 1. The minimum atomic E-state index is 0.233. The SMILES string of the molecule is N#Cc1cc(C#CCCN)cnc1N. The Balaban J connectivity index is 2.93. The predicted octanol–water partition coefficient (Wildman–Crippen LogP) is 0.236. The molecule has 0 aliphatic rings. The number of nitrogens with two attached hydrogens (primary N) is 2. The molecule has 4 nitrogen and oxygen atoms in total. The van der Waals surface area contributed by atoms with Gasteiger partial charge in [0.1, 0.15) is 11.9 Å². The summed E-state index contributed by atoms with van der Waals surface area (Å²) in [4.78, 5) is 3.85. The number of nitrogen functional groups attached to an aromatic ring is 1. The van der Waals surface area contributed by atoms with Crippen molar-refractivity contribution in [2.45, 2.75) is 6.42 Å². The summed E-state index contributed by atoms with van der Waals surface area (Å²) < 4.78 is 0. The van der Waals surface area contributed by atoms with Gasteiger partial charge in [0, 0.05) is 24.7 Å². The van der Waals surface area contributed by atoms with Gasteiger partial charge in [0.15, 0.2) is 0 Å². The van der Waals surface area contributed by atoms with Crippen molar-refractivity contribution < 1.29 is 0 Å². The Bertz CT molecular complexity index is 420. The highest BCUT2D eigenvalue weighted by Crippen LogP contribution is 2.07. The standard InChI is InChI=1S/C10H10N4/c11-4-2-1-3-8-5-9(6-12)10(13)14-7-8/h5,7H,2,4,11H2,(H2,13,14). The summed E-state index contributed by atoms with van der Waals surface area (Å²) in [6, 6.07) is 3.56. The number of anilines is 1. The summed E-state index contributed by atoms with van der Waals surface area (Å²) >= 11 is 0. The molecule has 0 atom stereocenters. The Morgan fingerprint density at radius 1 is 1.50 bits per heavy atom. The number of hydrogen-bond donors (Lipinski definition) is 2. The lowest BCUT2D eigenvalue weighted by atomic mass is 10.2. The third-order valence-corrected chi connectivity index (χ3v) is 1.54. The first-order chi connectivity index (χ1) is 6.77. The van der Waals surface area contributed by atoms with Crippen LogP contribution in [0.3, 0.4) is 0 Å². The van der Waals surface area contributed by atoms with Crippen LogP contribution < -0.4 is 11.5 Å². The largest absolute Gasteiger partial charge is 0.383 e. The lowest BCUT2D eigenvalue weighted by molar-refractivity contribution is 1.03. The molecule has 1 aromatic heterocycles. The molecule has 70 valence electrons. The number of hydrogen-bond acceptors (Lipinski definition) is 4. The Hall–Kier alpha value is -2.04. The number of rotatable bonds is 1. The molecule has 4 N–H and O–H groups in total. The summed E-state index contributed by atoms with van der Waals surface area (Å²) in [6.07, 6.45) is 2.17. The van der Waals surface area contributed by atoms with E-state index in [1.54, 1.807) is 12.3 Å². The van der Waals surface area contributed by atoms with Gasteiger partial charge in [-0.3, -0.25) is 0 Å². The second-order valence-corrected chi connectivity index (χ2v) is 2.61. The van der Waals surface area contributed by atoms with Crippen LogP contribution in [0.1, 0.15) is 17.5 Å². The first kappa shape index (κ1) is 10.0. The van der Waals surface area contributed by atoms with Crippen LogP contribution in [0.2, 0.25) is 0 Å². The van der Waals surface area contributed by atoms with Gasteiger partial charge in [0.2, 0.25) is 0 Å². The molecule has 14 heavy (non-hydrogen) atoms. The molecule has 0 fully saturated rings. The number of aromatic nitrogens is 1. The molecule has 0 bridgehead atoms. The second-order valence-electron chi connectivity index (χ2n) is 2.61. The molecule has 4 heteroatoms. The van der Waals surface area contributed by atoms with Gasteiger partial charge in [-0.2, -0.15) is 5.26 Å². The zero-order valence-electron chi connectivity index (χ0n) is 7.62. The van der Waals surface area contributed by atoms with Gasteiger partial charge in [0.05, 0.1) is 5.56 Å². The molecule has 0 saturated heterocycles. The lowest BCUT2D eigenvalue weighted by Crippen LogP contribution is -1.96. The predicted molar refractivity (Wildman–Crippen MR) is 53.9 cm³/mol. The smallest absolute Gasteiger partial charge is 0.141 e. The van der Waals surface area contributed by atoms with Gasteiger partial charge in [-0.15, -0.1) is 0 Å². The fourth-order valence-corrected chi connectivity index (χ4v) is 0.870. The van der Waals surface area contributed by atoms with E-state index in [9.17, 15) is 0 Å². The third-order valence-electron chi connectivity index (χ3n) is 1.54. The molecule has 1 aromatic rings. The van der Waals surface area contributed by atoms with Gasteiger partial charge in [0.25, 0.3) is 0 Å². The van der Waals surface area contributed by atoms with E-state index in [0.717, 1.165) is 0 Å². The Labute approximate surface area is 82.5 Å². The molecular formula is C10H10N4. The molecule has 0 aliphatic heterocycles. The van der Waals surface area contributed by atoms with Crippen molar-refractivity contribution in [3.63, 3.8) is 0 Å². The van der Waals surface area contributed by atoms with Crippen molar-refractivity contribution in [2.24, 2.45) is 5.73 Å². The Morgan fingerprint density at radius 2 is 2.29 bits per heavy atom. The Morgan fingerprint density at radius 3 is 2.93 bits per heavy atom. The average molecular weight is 186 g/mol. The van der Waals surface area contributed by atoms with E-state index in [1.165, 1.54) is 0 Å². The first-order valence-corrected chi connectivity index (χ1v) is 4.12. The zero-order chi connectivity index (χ0) is 10.4. The van der Waals surface area contributed by atoms with Crippen molar-refractivity contribution in [3.05, 3.63) is 23.4 Å². The first-order valence-electron chi connectivity index (χ1n) is 4.12. The van der Waals surface area contributed by atoms with E-state index in [2.05, 4.69) is 16.8 Å². The molecule has 0 saturated carbocycles. The number of nitrogens with zero attached hydrogens (tertiary/aromatic N) is 2. The van der Waals surface area contributed by atoms with Gasteiger partial charge in [-0.05, 0) is 6.07 Å². The molecule has 1 heterocycles. The summed E-state index contributed by atoms with van der Waals surface area (Å²) in [5, 5.41) is 8.68. The average Bonchev–Trinajstić information content (AvgIpc) is 2.21. The van der Waals surface area contributed by atoms with Crippen molar-refractivity contribution in [1.29, 1.82) is 5.26 Å². The van der Waals surface area contributed by atoms with Crippen LogP contribution in [0, 0.1) is 23.2 Å². The van der Waals surface area contributed by atoms with Gasteiger partial charge >= 0.3 is 0 Å². The fourth-order valence-electron chi connectivity index (χ4n) is 0.870. The van der Waals surface area contributed by atoms with Crippen LogP contribution in [0.4, 0.5) is 5.82 Å². The normalized spacial score (nSPS) is 8.57. The molecule has 0 unspecified atom stereocenters. The topological polar surface area (TPSA) is 88.7 Å². The molecule has 0 aliphatic carbocycles. The summed E-state index contributed by atoms with van der Waals surface area (Å²) in [7, 11) is 0. The van der Waals surface area contributed by atoms with Crippen LogP contribution in [-0.2, 0) is 0 Å². The maximum atomic E-state index is 8.68. The van der Waals surface area contributed by atoms with Crippen molar-refractivity contribution in [3.8, 4) is 17.9 Å². The highest BCUT2D eigenvalue weighted by Gasteiger charge is 1.98. The van der Waals surface area contributed by atoms with E-state index < -0.39 is 0 Å². The van der Waals surface area contributed by atoms with Crippen LogP contribution >= 0.6 is 0 Å². The minimum Gasteiger partial charge on any atom is -0.383 e. The maximum absolute atomic E-state index is 8.68. The van der Waals surface area contributed by atoms with E-state index in [1.807, 2.05) is 6.07 Å². The third kappa shape index (κ3) is 2.48. The molecule has 0 aromatic carbocycles. The monoisotopic (exact) mass is 186 g/mol. The minimum absolute atomic E-state index is 0.233. The lowest BCUT2D eigenvalue weighted by Gasteiger charge is -1.95. The molecular weight excluding hydrogens is 176 g/mol. The fraction of sp³-hybridized carbons (Fsp3) is 0.200. The molecule has 1 rings (SSSR count). The van der Waals surface area contributed by atoms with E-state index in [0.29, 0.717) is 24.1 Å². The second kappa shape index (κ2) is 4.86. The zero-order valence-corrected chi connectivity index (χ0v) is 7.62. The van der Waals surface area contributed by atoms with Crippen molar-refractivity contribution in [1.82, 2.24) is 4.98 Å². The van der Waals surface area contributed by atoms with Crippen molar-refractivity contribution >= 4 is 5.82 Å². The molecule has 0 radical (unpaired) electrons.